The third-order valence-electron chi connectivity index (χ3n) is 11.2. The van der Waals surface area contributed by atoms with E-state index in [9.17, 15) is 0 Å². The standard InChI is InChI=1S/C51H31N5S/c1-4-16-32(17-5-1)49-52-50(33-18-6-2-7-19-33)54-51(53-49)39-25-15-29-43-45(39)46-44(57-43)31-30-38-37-24-14-28-42(47(37)55(48(38)46)34-20-8-3-9-21-34)56-40-26-12-10-22-35(40)36-23-11-13-27-41(36)56/h1-31H. The second-order valence-corrected chi connectivity index (χ2v) is 15.5. The van der Waals surface area contributed by atoms with E-state index in [2.05, 4.69) is 161 Å². The second kappa shape index (κ2) is 12.6. The first kappa shape index (κ1) is 31.9. The molecule has 0 spiro atoms. The maximum Gasteiger partial charge on any atom is 0.164 e. The topological polar surface area (TPSA) is 48.5 Å². The zero-order valence-electron chi connectivity index (χ0n) is 30.5. The van der Waals surface area contributed by atoms with E-state index in [4.69, 9.17) is 15.0 Å². The van der Waals surface area contributed by atoms with Crippen molar-refractivity contribution < 1.29 is 0 Å². The fraction of sp³-hybridized carbons (Fsp3) is 0. The minimum Gasteiger partial charge on any atom is -0.307 e. The third-order valence-corrected chi connectivity index (χ3v) is 12.3. The van der Waals surface area contributed by atoms with Crippen molar-refractivity contribution in [3.8, 4) is 45.5 Å². The molecule has 0 aliphatic carbocycles. The number of hydrogen-bond donors (Lipinski definition) is 0. The van der Waals surface area contributed by atoms with Gasteiger partial charge in [0.15, 0.2) is 17.5 Å². The molecule has 4 aromatic heterocycles. The summed E-state index contributed by atoms with van der Waals surface area (Å²) in [5.74, 6) is 1.95. The average Bonchev–Trinajstić information content (AvgIpc) is 3.95. The van der Waals surface area contributed by atoms with Gasteiger partial charge in [-0.15, -0.1) is 11.3 Å². The molecule has 5 nitrogen and oxygen atoms in total. The van der Waals surface area contributed by atoms with E-state index in [1.807, 2.05) is 47.7 Å². The highest BCUT2D eigenvalue weighted by Crippen LogP contribution is 2.47. The molecule has 57 heavy (non-hydrogen) atoms. The van der Waals surface area contributed by atoms with Crippen LogP contribution in [0.4, 0.5) is 0 Å². The van der Waals surface area contributed by atoms with Gasteiger partial charge in [-0.1, -0.05) is 146 Å². The summed E-state index contributed by atoms with van der Waals surface area (Å²) in [5.41, 5.74) is 9.81. The van der Waals surface area contributed by atoms with Crippen LogP contribution in [0.1, 0.15) is 0 Å². The molecule has 0 aliphatic rings. The molecule has 0 saturated carbocycles. The molecule has 4 heterocycles. The van der Waals surface area contributed by atoms with Crippen molar-refractivity contribution in [2.24, 2.45) is 0 Å². The highest BCUT2D eigenvalue weighted by atomic mass is 32.1. The van der Waals surface area contributed by atoms with Gasteiger partial charge in [0.25, 0.3) is 0 Å². The highest BCUT2D eigenvalue weighted by molar-refractivity contribution is 7.26. The van der Waals surface area contributed by atoms with E-state index >= 15 is 0 Å². The van der Waals surface area contributed by atoms with E-state index in [-0.39, 0.29) is 0 Å². The molecule has 0 bridgehead atoms. The van der Waals surface area contributed by atoms with E-state index in [1.54, 1.807) is 0 Å². The summed E-state index contributed by atoms with van der Waals surface area (Å²) in [6.45, 7) is 0. The first-order chi connectivity index (χ1) is 28.3. The normalized spacial score (nSPS) is 11.9. The van der Waals surface area contributed by atoms with Crippen LogP contribution < -0.4 is 0 Å². The van der Waals surface area contributed by atoms with Crippen LogP contribution >= 0.6 is 11.3 Å². The number of fused-ring (bicyclic) bond motifs is 10. The number of benzene rings is 8. The monoisotopic (exact) mass is 745 g/mol. The molecule has 12 aromatic rings. The molecule has 8 aromatic carbocycles. The lowest BCUT2D eigenvalue weighted by Crippen LogP contribution is -2.01. The Morgan fingerprint density at radius 2 is 0.877 bits per heavy atom. The molecule has 0 fully saturated rings. The fourth-order valence-electron chi connectivity index (χ4n) is 8.75. The van der Waals surface area contributed by atoms with E-state index < -0.39 is 0 Å². The fourth-order valence-corrected chi connectivity index (χ4v) is 9.88. The van der Waals surface area contributed by atoms with Crippen LogP contribution in [0.5, 0.6) is 0 Å². The molecular formula is C51H31N5S. The Labute approximate surface area is 331 Å². The minimum atomic E-state index is 0.648. The number of rotatable bonds is 5. The van der Waals surface area contributed by atoms with Crippen molar-refractivity contribution in [1.29, 1.82) is 0 Å². The van der Waals surface area contributed by atoms with Crippen molar-refractivity contribution in [2.45, 2.75) is 0 Å². The Bertz CT molecular complexity index is 3400. The first-order valence-electron chi connectivity index (χ1n) is 19.1. The second-order valence-electron chi connectivity index (χ2n) is 14.4. The predicted molar refractivity (Wildman–Crippen MR) is 238 cm³/mol. The van der Waals surface area contributed by atoms with Gasteiger partial charge in [0.2, 0.25) is 0 Å². The van der Waals surface area contributed by atoms with Gasteiger partial charge in [-0.05, 0) is 42.5 Å². The summed E-state index contributed by atoms with van der Waals surface area (Å²) < 4.78 is 7.34. The van der Waals surface area contributed by atoms with Gasteiger partial charge >= 0.3 is 0 Å². The molecule has 0 saturated heterocycles. The van der Waals surface area contributed by atoms with Crippen LogP contribution in [-0.2, 0) is 0 Å². The quantitative estimate of drug-likeness (QED) is 0.176. The summed E-state index contributed by atoms with van der Waals surface area (Å²) >= 11 is 1.82. The van der Waals surface area contributed by atoms with Crippen molar-refractivity contribution in [1.82, 2.24) is 24.1 Å². The largest absolute Gasteiger partial charge is 0.307 e. The maximum absolute atomic E-state index is 5.22. The lowest BCUT2D eigenvalue weighted by atomic mass is 10.0. The lowest BCUT2D eigenvalue weighted by Gasteiger charge is -2.15. The van der Waals surface area contributed by atoms with Crippen molar-refractivity contribution in [3.63, 3.8) is 0 Å². The molecule has 6 heteroatoms. The number of aromatic nitrogens is 5. The van der Waals surface area contributed by atoms with E-state index in [0.717, 1.165) is 39.0 Å². The van der Waals surface area contributed by atoms with Gasteiger partial charge < -0.3 is 9.13 Å². The number of thiophene rings is 1. The van der Waals surface area contributed by atoms with Gasteiger partial charge in [-0.3, -0.25) is 0 Å². The van der Waals surface area contributed by atoms with Crippen molar-refractivity contribution in [3.05, 3.63) is 188 Å². The number of para-hydroxylation sites is 4. The Kier molecular flexibility index (Phi) is 7.03. The van der Waals surface area contributed by atoms with E-state index in [0.29, 0.717) is 17.5 Å². The summed E-state index contributed by atoms with van der Waals surface area (Å²) in [7, 11) is 0. The molecule has 0 radical (unpaired) electrons. The minimum absolute atomic E-state index is 0.648. The van der Waals surface area contributed by atoms with Crippen LogP contribution in [0.3, 0.4) is 0 Å². The Balaban J connectivity index is 1.23. The van der Waals surface area contributed by atoms with Gasteiger partial charge in [0, 0.05) is 64.1 Å². The number of nitrogens with zero attached hydrogens (tertiary/aromatic N) is 5. The van der Waals surface area contributed by atoms with Gasteiger partial charge in [0.1, 0.15) is 0 Å². The van der Waals surface area contributed by atoms with Crippen LogP contribution in [0, 0.1) is 0 Å². The number of hydrogen-bond acceptors (Lipinski definition) is 4. The lowest BCUT2D eigenvalue weighted by molar-refractivity contribution is 1.08. The molecule has 0 atom stereocenters. The first-order valence-corrected chi connectivity index (χ1v) is 19.9. The smallest absolute Gasteiger partial charge is 0.164 e. The summed E-state index contributed by atoms with van der Waals surface area (Å²) in [5, 5.41) is 7.22. The van der Waals surface area contributed by atoms with Crippen LogP contribution in [0.2, 0.25) is 0 Å². The molecule has 266 valence electrons. The molecule has 0 amide bonds. The highest BCUT2D eigenvalue weighted by Gasteiger charge is 2.24. The maximum atomic E-state index is 5.22. The summed E-state index contributed by atoms with van der Waals surface area (Å²) in [6.07, 6.45) is 0. The molecule has 0 aliphatic heterocycles. The van der Waals surface area contributed by atoms with Crippen LogP contribution in [0.25, 0.3) is 109 Å². The Morgan fingerprint density at radius 1 is 0.351 bits per heavy atom. The van der Waals surface area contributed by atoms with Gasteiger partial charge in [-0.2, -0.15) is 0 Å². The summed E-state index contributed by atoms with van der Waals surface area (Å²) in [6, 6.07) is 66.6. The molecule has 12 rings (SSSR count). The summed E-state index contributed by atoms with van der Waals surface area (Å²) in [4.78, 5) is 15.4. The van der Waals surface area contributed by atoms with Crippen molar-refractivity contribution in [2.75, 3.05) is 0 Å². The zero-order valence-corrected chi connectivity index (χ0v) is 31.4. The van der Waals surface area contributed by atoms with Gasteiger partial charge in [0.05, 0.1) is 27.8 Å². The predicted octanol–water partition coefficient (Wildman–Crippen LogP) is 13.4. The molecule has 0 N–H and O–H groups in total. The molecule has 0 unspecified atom stereocenters. The van der Waals surface area contributed by atoms with E-state index in [1.165, 1.54) is 52.9 Å². The Hall–Kier alpha value is -7.41. The van der Waals surface area contributed by atoms with Crippen molar-refractivity contribution >= 4 is 75.1 Å². The molecular weight excluding hydrogens is 715 g/mol. The van der Waals surface area contributed by atoms with Crippen LogP contribution in [0.15, 0.2) is 188 Å². The Morgan fingerprint density at radius 3 is 1.54 bits per heavy atom. The van der Waals surface area contributed by atoms with Gasteiger partial charge in [-0.25, -0.2) is 15.0 Å². The van der Waals surface area contributed by atoms with Crippen LogP contribution in [-0.4, -0.2) is 24.1 Å². The average molecular weight is 746 g/mol. The third kappa shape index (κ3) is 4.84. The zero-order chi connectivity index (χ0) is 37.5. The SMILES string of the molecule is c1ccc(-c2nc(-c3ccccc3)nc(-c3cccc4sc5ccc6c7cccc(-n8c9ccccc9c9ccccc98)c7n(-c7ccccc7)c6c5c34)n2)cc1.